The monoisotopic (exact) mass is 252 g/mol. The number of rotatable bonds is 4. The second-order valence-corrected chi connectivity index (χ2v) is 3.84. The maximum absolute atomic E-state index is 13.0. The average molecular weight is 252 g/mol. The van der Waals surface area contributed by atoms with Crippen LogP contribution in [0.4, 0.5) is 13.6 Å². The van der Waals surface area contributed by atoms with E-state index in [0.717, 1.165) is 12.1 Å². The Morgan fingerprint density at radius 2 is 2.11 bits per heavy atom. The molecule has 0 unspecified atom stereocenters. The highest BCUT2D eigenvalue weighted by Gasteiger charge is 2.10. The lowest BCUT2D eigenvalue weighted by Crippen LogP contribution is -2.37. The van der Waals surface area contributed by atoms with Crippen molar-refractivity contribution < 1.29 is 13.6 Å². The van der Waals surface area contributed by atoms with Gasteiger partial charge in [-0.1, -0.05) is 18.9 Å². The van der Waals surface area contributed by atoms with Crippen LogP contribution in [-0.4, -0.2) is 19.1 Å². The van der Waals surface area contributed by atoms with Gasteiger partial charge in [0.15, 0.2) is 11.6 Å². The summed E-state index contributed by atoms with van der Waals surface area (Å²) in [7, 11) is 0. The molecule has 2 N–H and O–H groups in total. The fraction of sp³-hybridized carbons (Fsp3) is 0.308. The second-order valence-electron chi connectivity index (χ2n) is 3.84. The molecule has 0 aliphatic rings. The van der Waals surface area contributed by atoms with Crippen LogP contribution >= 0.6 is 0 Å². The molecule has 3 nitrogen and oxygen atoms in total. The van der Waals surface area contributed by atoms with Crippen LogP contribution in [0.1, 0.15) is 18.4 Å². The van der Waals surface area contributed by atoms with Crippen LogP contribution < -0.4 is 10.6 Å². The molecule has 0 heterocycles. The van der Waals surface area contributed by atoms with Gasteiger partial charge in [-0.05, 0) is 23.6 Å². The van der Waals surface area contributed by atoms with Crippen molar-refractivity contribution in [1.29, 1.82) is 0 Å². The zero-order valence-electron chi connectivity index (χ0n) is 9.97. The maximum atomic E-state index is 13.0. The van der Waals surface area contributed by atoms with Crippen molar-refractivity contribution in [2.24, 2.45) is 0 Å². The summed E-state index contributed by atoms with van der Waals surface area (Å²) in [4.78, 5) is 11.2. The number of hydrogen-bond acceptors (Lipinski definition) is 1. The number of benzene rings is 1. The fourth-order valence-corrected chi connectivity index (χ4v) is 1.38. The Morgan fingerprint density at radius 3 is 2.72 bits per heavy atom. The number of carbonyl (C=O) groups excluding carboxylic acids is 1. The van der Waals surface area contributed by atoms with Crippen LogP contribution in [0.5, 0.6) is 0 Å². The van der Waals surface area contributed by atoms with Crippen molar-refractivity contribution >= 4 is 6.03 Å². The third-order valence-corrected chi connectivity index (χ3v) is 2.43. The van der Waals surface area contributed by atoms with E-state index >= 15 is 0 Å². The van der Waals surface area contributed by atoms with Gasteiger partial charge in [0, 0.05) is 6.54 Å². The van der Waals surface area contributed by atoms with Crippen LogP contribution in [0.25, 0.3) is 0 Å². The molecule has 96 valence electrons. The molecule has 0 radical (unpaired) electrons. The highest BCUT2D eigenvalue weighted by Crippen LogP contribution is 2.17. The van der Waals surface area contributed by atoms with Gasteiger partial charge in [0.25, 0.3) is 0 Å². The Morgan fingerprint density at radius 1 is 1.39 bits per heavy atom. The van der Waals surface area contributed by atoms with Gasteiger partial charge in [-0.15, -0.1) is 6.42 Å². The number of terminal acetylenes is 1. The van der Waals surface area contributed by atoms with Gasteiger partial charge < -0.3 is 10.6 Å². The third-order valence-electron chi connectivity index (χ3n) is 2.43. The summed E-state index contributed by atoms with van der Waals surface area (Å²) in [5.41, 5.74) is 0.617. The molecule has 0 saturated carbocycles. The summed E-state index contributed by atoms with van der Waals surface area (Å²) in [6.07, 6.45) is 4.98. The van der Waals surface area contributed by atoms with E-state index in [2.05, 4.69) is 16.6 Å². The van der Waals surface area contributed by atoms with E-state index in [1.807, 2.05) is 0 Å². The van der Waals surface area contributed by atoms with E-state index in [1.54, 1.807) is 6.92 Å². The molecule has 0 saturated heterocycles. The van der Waals surface area contributed by atoms with Crippen molar-refractivity contribution in [3.8, 4) is 12.3 Å². The predicted octanol–water partition coefficient (Wildman–Crippen LogP) is 2.00. The van der Waals surface area contributed by atoms with Crippen LogP contribution in [0, 0.1) is 24.0 Å². The van der Waals surface area contributed by atoms with E-state index in [0.29, 0.717) is 12.1 Å². The smallest absolute Gasteiger partial charge is 0.315 e. The number of hydrogen-bond donors (Lipinski definition) is 2. The topological polar surface area (TPSA) is 41.1 Å². The maximum Gasteiger partial charge on any atom is 0.315 e. The van der Waals surface area contributed by atoms with Gasteiger partial charge in [0.05, 0.1) is 6.54 Å². The molecular weight excluding hydrogens is 238 g/mol. The summed E-state index contributed by atoms with van der Waals surface area (Å²) in [6.45, 7) is 2.25. The Hall–Kier alpha value is -2.09. The molecule has 18 heavy (non-hydrogen) atoms. The van der Waals surface area contributed by atoms with Gasteiger partial charge in [-0.3, -0.25) is 0 Å². The zero-order chi connectivity index (χ0) is 13.5. The minimum Gasteiger partial charge on any atom is -0.338 e. The molecule has 1 atom stereocenters. The van der Waals surface area contributed by atoms with Gasteiger partial charge >= 0.3 is 6.03 Å². The number of amides is 2. The molecule has 0 bridgehead atoms. The van der Waals surface area contributed by atoms with Crippen LogP contribution in [0.15, 0.2) is 18.2 Å². The van der Waals surface area contributed by atoms with Crippen LogP contribution in [0.2, 0.25) is 0 Å². The standard InChI is InChI=1S/C13H14F2N2O/c1-3-6-16-13(18)17-8-9(2)10-4-5-11(14)12(15)7-10/h1,4-5,7,9H,6,8H2,2H3,(H2,16,17,18)/t9-/m1/s1. The lowest BCUT2D eigenvalue weighted by molar-refractivity contribution is 0.241. The number of carbonyl (C=O) groups is 1. The van der Waals surface area contributed by atoms with Gasteiger partial charge in [0.1, 0.15) is 0 Å². The van der Waals surface area contributed by atoms with E-state index in [1.165, 1.54) is 6.07 Å². The SMILES string of the molecule is C#CCNC(=O)NC[C@@H](C)c1ccc(F)c(F)c1. The largest absolute Gasteiger partial charge is 0.338 e. The summed E-state index contributed by atoms with van der Waals surface area (Å²) < 4.78 is 25.8. The normalized spacial score (nSPS) is 11.4. The predicted molar refractivity (Wildman–Crippen MR) is 65.0 cm³/mol. The van der Waals surface area contributed by atoms with Crippen LogP contribution in [0.3, 0.4) is 0 Å². The summed E-state index contributed by atoms with van der Waals surface area (Å²) in [6, 6.07) is 3.30. The van der Waals surface area contributed by atoms with Crippen molar-refractivity contribution in [2.45, 2.75) is 12.8 Å². The molecule has 0 fully saturated rings. The molecule has 1 aromatic rings. The van der Waals surface area contributed by atoms with Crippen molar-refractivity contribution in [3.05, 3.63) is 35.4 Å². The Kier molecular flexibility index (Phi) is 5.12. The molecule has 0 aliphatic carbocycles. The first kappa shape index (κ1) is 14.0. The average Bonchev–Trinajstić information content (AvgIpc) is 2.36. The highest BCUT2D eigenvalue weighted by molar-refractivity contribution is 5.74. The minimum atomic E-state index is -0.892. The van der Waals surface area contributed by atoms with Crippen molar-refractivity contribution in [3.63, 3.8) is 0 Å². The first-order valence-corrected chi connectivity index (χ1v) is 5.44. The molecule has 5 heteroatoms. The lowest BCUT2D eigenvalue weighted by atomic mass is 10.0. The van der Waals surface area contributed by atoms with Crippen LogP contribution in [-0.2, 0) is 0 Å². The van der Waals surface area contributed by atoms with Crippen molar-refractivity contribution in [2.75, 3.05) is 13.1 Å². The first-order valence-electron chi connectivity index (χ1n) is 5.44. The molecule has 2 amide bonds. The third kappa shape index (κ3) is 4.06. The second kappa shape index (κ2) is 6.60. The Balaban J connectivity index is 2.50. The lowest BCUT2D eigenvalue weighted by Gasteiger charge is -2.13. The number of nitrogens with one attached hydrogen (secondary N) is 2. The molecule has 0 aliphatic heterocycles. The van der Waals surface area contributed by atoms with Gasteiger partial charge in [-0.25, -0.2) is 13.6 Å². The molecular formula is C13H14F2N2O. The molecule has 0 aromatic heterocycles. The van der Waals surface area contributed by atoms with E-state index < -0.39 is 11.6 Å². The zero-order valence-corrected chi connectivity index (χ0v) is 9.97. The van der Waals surface area contributed by atoms with Crippen molar-refractivity contribution in [1.82, 2.24) is 10.6 Å². The quantitative estimate of drug-likeness (QED) is 0.791. The highest BCUT2D eigenvalue weighted by atomic mass is 19.2. The fourth-order valence-electron chi connectivity index (χ4n) is 1.38. The van der Waals surface area contributed by atoms with E-state index in [4.69, 9.17) is 6.42 Å². The Labute approximate surface area is 105 Å². The summed E-state index contributed by atoms with van der Waals surface area (Å²) >= 11 is 0. The molecule has 1 rings (SSSR count). The minimum absolute atomic E-state index is 0.128. The van der Waals surface area contributed by atoms with Gasteiger partial charge in [-0.2, -0.15) is 0 Å². The molecule has 1 aromatic carbocycles. The first-order chi connectivity index (χ1) is 8.54. The Bertz CT molecular complexity index is 469. The number of halogens is 2. The van der Waals surface area contributed by atoms with E-state index in [-0.39, 0.29) is 18.5 Å². The summed E-state index contributed by atoms with van der Waals surface area (Å²) in [5.74, 6) is 0.364. The summed E-state index contributed by atoms with van der Waals surface area (Å²) in [5, 5.41) is 5.03. The van der Waals surface area contributed by atoms with E-state index in [9.17, 15) is 13.6 Å². The molecule has 0 spiro atoms. The number of urea groups is 1. The van der Waals surface area contributed by atoms with Gasteiger partial charge in [0.2, 0.25) is 0 Å².